The zero-order valence-corrected chi connectivity index (χ0v) is 13.2. The molecule has 0 aliphatic heterocycles. The van der Waals surface area contributed by atoms with E-state index in [0.29, 0.717) is 4.73 Å². The summed E-state index contributed by atoms with van der Waals surface area (Å²) in [5.74, 6) is 0. The first-order valence-electron chi connectivity index (χ1n) is 6.57. The van der Waals surface area contributed by atoms with Crippen molar-refractivity contribution in [2.45, 2.75) is 12.6 Å². The molecule has 0 saturated heterocycles. The predicted octanol–water partition coefficient (Wildman–Crippen LogP) is 0.919. The Kier molecular flexibility index (Phi) is 3.71. The number of rotatable bonds is 3. The zero-order chi connectivity index (χ0) is 15.9. The van der Waals surface area contributed by atoms with Gasteiger partial charge in [-0.15, -0.1) is 0 Å². The van der Waals surface area contributed by atoms with Gasteiger partial charge in [0.15, 0.2) is 15.9 Å². The quantitative estimate of drug-likeness (QED) is 0.675. The first kappa shape index (κ1) is 14.7. The summed E-state index contributed by atoms with van der Waals surface area (Å²) in [6.07, 6.45) is -0.800. The Morgan fingerprint density at radius 3 is 2.68 bits per heavy atom. The van der Waals surface area contributed by atoms with Crippen molar-refractivity contribution in [1.82, 2.24) is 19.1 Å². The van der Waals surface area contributed by atoms with Gasteiger partial charge in [-0.2, -0.15) is 0 Å². The minimum absolute atomic E-state index is 0.141. The first-order chi connectivity index (χ1) is 10.5. The molecule has 7 nitrogen and oxygen atoms in total. The summed E-state index contributed by atoms with van der Waals surface area (Å²) in [5.41, 5.74) is 0.178. The Balaban J connectivity index is 2.12. The lowest BCUT2D eigenvalue weighted by molar-refractivity contribution is 0.157. The molecule has 0 saturated carbocycles. The Morgan fingerprint density at radius 1 is 1.32 bits per heavy atom. The maximum Gasteiger partial charge on any atom is 0.329 e. The van der Waals surface area contributed by atoms with Gasteiger partial charge in [-0.05, 0) is 21.5 Å². The topological polar surface area (TPSA) is 92.9 Å². The Bertz CT molecular complexity index is 942. The van der Waals surface area contributed by atoms with Gasteiger partial charge in [0, 0.05) is 7.05 Å². The second-order valence-electron chi connectivity index (χ2n) is 4.91. The van der Waals surface area contributed by atoms with E-state index in [1.165, 1.54) is 11.6 Å². The lowest BCUT2D eigenvalue weighted by Crippen LogP contribution is -2.29. The summed E-state index contributed by atoms with van der Waals surface area (Å²) in [4.78, 5) is 30.1. The molecule has 0 spiro atoms. The molecule has 0 radical (unpaired) electrons. The third kappa shape index (κ3) is 2.40. The third-order valence-corrected chi connectivity index (χ3v) is 4.11. The van der Waals surface area contributed by atoms with Gasteiger partial charge in [0.25, 0.3) is 5.56 Å². The van der Waals surface area contributed by atoms with Crippen LogP contribution in [0, 0.1) is 0 Å². The fourth-order valence-electron chi connectivity index (χ4n) is 2.33. The lowest BCUT2D eigenvalue weighted by Gasteiger charge is -2.13. The van der Waals surface area contributed by atoms with E-state index in [9.17, 15) is 14.7 Å². The molecular weight excluding hydrogens is 352 g/mol. The van der Waals surface area contributed by atoms with Crippen LogP contribution < -0.4 is 11.2 Å². The van der Waals surface area contributed by atoms with Crippen molar-refractivity contribution in [2.75, 3.05) is 0 Å². The fraction of sp³-hybridized carbons (Fsp3) is 0.214. The highest BCUT2D eigenvalue weighted by Gasteiger charge is 2.18. The number of aromatic amines is 1. The minimum Gasteiger partial charge on any atom is -0.387 e. The number of aromatic nitrogens is 4. The van der Waals surface area contributed by atoms with Crippen molar-refractivity contribution in [3.63, 3.8) is 0 Å². The fourth-order valence-corrected chi connectivity index (χ4v) is 2.82. The van der Waals surface area contributed by atoms with E-state index in [0.717, 1.165) is 5.56 Å². The molecule has 0 aliphatic rings. The minimum atomic E-state index is -0.800. The molecule has 3 rings (SSSR count). The van der Waals surface area contributed by atoms with Gasteiger partial charge in [0.2, 0.25) is 0 Å². The van der Waals surface area contributed by atoms with Gasteiger partial charge in [-0.1, -0.05) is 30.3 Å². The maximum absolute atomic E-state index is 12.1. The van der Waals surface area contributed by atoms with Crippen LogP contribution in [0.15, 0.2) is 44.7 Å². The van der Waals surface area contributed by atoms with Gasteiger partial charge in [0.1, 0.15) is 0 Å². The van der Waals surface area contributed by atoms with Crippen LogP contribution in [0.4, 0.5) is 0 Å². The summed E-state index contributed by atoms with van der Waals surface area (Å²) >= 11 is 3.28. The second-order valence-corrected chi connectivity index (χ2v) is 5.62. The van der Waals surface area contributed by atoms with Crippen molar-refractivity contribution < 1.29 is 5.11 Å². The summed E-state index contributed by atoms with van der Waals surface area (Å²) in [6.45, 7) is 0.141. The van der Waals surface area contributed by atoms with Crippen LogP contribution in [-0.4, -0.2) is 24.2 Å². The third-order valence-electron chi connectivity index (χ3n) is 3.50. The summed E-state index contributed by atoms with van der Waals surface area (Å²) in [5, 5.41) is 10.3. The molecule has 0 unspecified atom stereocenters. The van der Waals surface area contributed by atoms with E-state index in [4.69, 9.17) is 0 Å². The molecule has 0 amide bonds. The number of fused-ring (bicyclic) bond motifs is 1. The highest BCUT2D eigenvalue weighted by Crippen LogP contribution is 2.21. The molecule has 8 heteroatoms. The van der Waals surface area contributed by atoms with E-state index in [2.05, 4.69) is 25.9 Å². The van der Waals surface area contributed by atoms with Crippen LogP contribution in [0.25, 0.3) is 11.2 Å². The van der Waals surface area contributed by atoms with Crippen LogP contribution in [0.3, 0.4) is 0 Å². The van der Waals surface area contributed by atoms with Crippen molar-refractivity contribution in [2.24, 2.45) is 7.05 Å². The molecule has 2 N–H and O–H groups in total. The van der Waals surface area contributed by atoms with Crippen molar-refractivity contribution >= 4 is 27.1 Å². The molecule has 0 fully saturated rings. The number of aliphatic hydroxyl groups excluding tert-OH is 1. The number of nitrogens with one attached hydrogen (secondary N) is 1. The van der Waals surface area contributed by atoms with Crippen molar-refractivity contribution in [3.05, 3.63) is 61.5 Å². The number of benzene rings is 1. The standard InChI is InChI=1S/C14H13BrN4O3/c1-18-11-10(12(21)17-14(18)22)19(13(15)16-11)7-9(20)8-5-3-2-4-6-8/h2-6,9,20H,7H2,1H3,(H,17,21,22)/t9-/m0/s1. The van der Waals surface area contributed by atoms with Crippen LogP contribution >= 0.6 is 15.9 Å². The van der Waals surface area contributed by atoms with E-state index >= 15 is 0 Å². The second kappa shape index (κ2) is 5.54. The molecule has 3 aromatic rings. The number of nitrogens with zero attached hydrogens (tertiary/aromatic N) is 3. The number of hydrogen-bond acceptors (Lipinski definition) is 4. The summed E-state index contributed by atoms with van der Waals surface area (Å²) in [7, 11) is 1.53. The Morgan fingerprint density at radius 2 is 2.00 bits per heavy atom. The van der Waals surface area contributed by atoms with Crippen molar-refractivity contribution in [1.29, 1.82) is 0 Å². The highest BCUT2D eigenvalue weighted by atomic mass is 79.9. The molecule has 2 aromatic heterocycles. The Labute approximate surface area is 133 Å². The SMILES string of the molecule is Cn1c(=O)[nH]c(=O)c2c1nc(Br)n2C[C@H](O)c1ccccc1. The largest absolute Gasteiger partial charge is 0.387 e. The van der Waals surface area contributed by atoms with Gasteiger partial charge in [-0.25, -0.2) is 9.78 Å². The molecule has 1 atom stereocenters. The number of hydrogen-bond donors (Lipinski definition) is 2. The number of H-pyrrole nitrogens is 1. The number of imidazole rings is 1. The molecule has 2 heterocycles. The van der Waals surface area contributed by atoms with E-state index in [1.807, 2.05) is 18.2 Å². The zero-order valence-electron chi connectivity index (χ0n) is 11.7. The normalized spacial score (nSPS) is 12.7. The van der Waals surface area contributed by atoms with Crippen molar-refractivity contribution in [3.8, 4) is 0 Å². The van der Waals surface area contributed by atoms with Crippen LogP contribution in [0.5, 0.6) is 0 Å². The first-order valence-corrected chi connectivity index (χ1v) is 7.36. The summed E-state index contributed by atoms with van der Waals surface area (Å²) in [6, 6.07) is 9.13. The number of aliphatic hydroxyl groups is 1. The summed E-state index contributed by atoms with van der Waals surface area (Å²) < 4.78 is 3.18. The Hall–Kier alpha value is -2.19. The average Bonchev–Trinajstić information content (AvgIpc) is 2.83. The smallest absolute Gasteiger partial charge is 0.329 e. The average molecular weight is 365 g/mol. The molecule has 1 aromatic carbocycles. The van der Waals surface area contributed by atoms with E-state index in [1.54, 1.807) is 16.7 Å². The lowest BCUT2D eigenvalue weighted by atomic mass is 10.1. The predicted molar refractivity (Wildman–Crippen MR) is 84.7 cm³/mol. The van der Waals surface area contributed by atoms with Gasteiger partial charge >= 0.3 is 5.69 Å². The van der Waals surface area contributed by atoms with E-state index in [-0.39, 0.29) is 17.7 Å². The molecule has 22 heavy (non-hydrogen) atoms. The molecule has 0 aliphatic carbocycles. The van der Waals surface area contributed by atoms with Crippen LogP contribution in [0.2, 0.25) is 0 Å². The van der Waals surface area contributed by atoms with Gasteiger partial charge < -0.3 is 9.67 Å². The van der Waals surface area contributed by atoms with Gasteiger partial charge in [0.05, 0.1) is 12.6 Å². The van der Waals surface area contributed by atoms with Crippen LogP contribution in [-0.2, 0) is 13.6 Å². The molecule has 114 valence electrons. The van der Waals surface area contributed by atoms with E-state index < -0.39 is 17.4 Å². The van der Waals surface area contributed by atoms with Crippen LogP contribution in [0.1, 0.15) is 11.7 Å². The molecule has 0 bridgehead atoms. The number of halogens is 1. The monoisotopic (exact) mass is 364 g/mol. The highest BCUT2D eigenvalue weighted by molar-refractivity contribution is 9.10. The maximum atomic E-state index is 12.1. The van der Waals surface area contributed by atoms with Gasteiger partial charge in [-0.3, -0.25) is 14.3 Å². The molecular formula is C14H13BrN4O3. The number of aryl methyl sites for hydroxylation is 1.